The van der Waals surface area contributed by atoms with Crippen molar-refractivity contribution >= 4 is 29.1 Å². The molecule has 2 aromatic carbocycles. The van der Waals surface area contributed by atoms with Crippen molar-refractivity contribution in [1.82, 2.24) is 4.90 Å². The lowest BCUT2D eigenvalue weighted by atomic mass is 9.94. The van der Waals surface area contributed by atoms with Gasteiger partial charge < -0.3 is 24.6 Å². The Bertz CT molecular complexity index is 1140. The molecule has 11 nitrogen and oxygen atoms in total. The highest BCUT2D eigenvalue weighted by molar-refractivity contribution is 6.46. The van der Waals surface area contributed by atoms with Crippen LogP contribution in [0.15, 0.2) is 54.1 Å². The Hall–Kier alpha value is -4.09. The first-order valence-corrected chi connectivity index (χ1v) is 10.2. The van der Waals surface area contributed by atoms with Crippen LogP contribution < -0.4 is 0 Å². The van der Waals surface area contributed by atoms with Crippen molar-refractivity contribution in [3.8, 4) is 0 Å². The number of nitro benzene ring substituents is 1. The van der Waals surface area contributed by atoms with E-state index in [1.807, 2.05) is 0 Å². The molecular weight excluding hydrogens is 448 g/mol. The van der Waals surface area contributed by atoms with E-state index in [9.17, 15) is 29.6 Å². The molecule has 11 heteroatoms. The molecule has 0 bridgehead atoms. The van der Waals surface area contributed by atoms with Crippen LogP contribution in [0.2, 0.25) is 0 Å². The molecule has 3 rings (SSSR count). The molecule has 2 aromatic rings. The number of non-ortho nitro benzene ring substituents is 1. The van der Waals surface area contributed by atoms with E-state index < -0.39 is 34.4 Å². The second kappa shape index (κ2) is 10.7. The smallest absolute Gasteiger partial charge is 0.337 e. The topological polar surface area (TPSA) is 157 Å². The van der Waals surface area contributed by atoms with Gasteiger partial charge in [-0.15, -0.1) is 0 Å². The highest BCUT2D eigenvalue weighted by Gasteiger charge is 2.46. The Morgan fingerprint density at radius 2 is 1.82 bits per heavy atom. The van der Waals surface area contributed by atoms with Crippen molar-refractivity contribution in [2.45, 2.75) is 6.04 Å². The van der Waals surface area contributed by atoms with Gasteiger partial charge in [0.25, 0.3) is 17.4 Å². The van der Waals surface area contributed by atoms with E-state index in [-0.39, 0.29) is 48.8 Å². The first-order valence-electron chi connectivity index (χ1n) is 10.2. The third-order valence-electron chi connectivity index (χ3n) is 5.23. The SMILES string of the molecule is COC(=O)c1ccc(C2/C(=C(/O)c3cccc([N+](=O)[O-])c3)C(=O)C(=O)N2CCOCCO)cc1. The molecule has 2 N–H and O–H groups in total. The predicted molar refractivity (Wildman–Crippen MR) is 118 cm³/mol. The van der Waals surface area contributed by atoms with E-state index >= 15 is 0 Å². The molecule has 1 aliphatic rings. The number of carbonyl (C=O) groups excluding carboxylic acids is 3. The number of esters is 1. The fourth-order valence-electron chi connectivity index (χ4n) is 3.63. The fraction of sp³-hybridized carbons (Fsp3) is 0.261. The highest BCUT2D eigenvalue weighted by atomic mass is 16.6. The quantitative estimate of drug-likeness (QED) is 0.106. The first kappa shape index (κ1) is 24.6. The molecule has 34 heavy (non-hydrogen) atoms. The molecule has 0 aromatic heterocycles. The number of aliphatic hydroxyl groups excluding tert-OH is 2. The maximum absolute atomic E-state index is 12.9. The molecule has 1 unspecified atom stereocenters. The second-order valence-electron chi connectivity index (χ2n) is 7.25. The zero-order chi connectivity index (χ0) is 24.8. The Kier molecular flexibility index (Phi) is 7.71. The molecule has 178 valence electrons. The number of benzene rings is 2. The molecular formula is C23H22N2O9. The van der Waals surface area contributed by atoms with Gasteiger partial charge in [-0.25, -0.2) is 4.79 Å². The number of hydrogen-bond acceptors (Lipinski definition) is 9. The van der Waals surface area contributed by atoms with E-state index in [0.717, 1.165) is 6.07 Å². The summed E-state index contributed by atoms with van der Waals surface area (Å²) in [6.07, 6.45) is 0. The lowest BCUT2D eigenvalue weighted by Gasteiger charge is -2.25. The van der Waals surface area contributed by atoms with Gasteiger partial charge in [0.1, 0.15) is 5.76 Å². The van der Waals surface area contributed by atoms with Gasteiger partial charge in [0.2, 0.25) is 0 Å². The van der Waals surface area contributed by atoms with Crippen molar-refractivity contribution < 1.29 is 39.0 Å². The summed E-state index contributed by atoms with van der Waals surface area (Å²) in [5.41, 5.74) is 0.113. The number of aliphatic hydroxyl groups is 2. The van der Waals surface area contributed by atoms with Crippen LogP contribution in [0.5, 0.6) is 0 Å². The maximum atomic E-state index is 12.9. The fourth-order valence-corrected chi connectivity index (χ4v) is 3.63. The second-order valence-corrected chi connectivity index (χ2v) is 7.25. The van der Waals surface area contributed by atoms with E-state index in [1.165, 1.54) is 54.5 Å². The minimum Gasteiger partial charge on any atom is -0.507 e. The van der Waals surface area contributed by atoms with Gasteiger partial charge in [-0.2, -0.15) is 0 Å². The van der Waals surface area contributed by atoms with Crippen molar-refractivity contribution in [3.63, 3.8) is 0 Å². The number of ether oxygens (including phenoxy) is 2. The molecule has 0 aliphatic carbocycles. The van der Waals surface area contributed by atoms with E-state index in [1.54, 1.807) is 0 Å². The number of likely N-dealkylation sites (tertiary alicyclic amines) is 1. The number of Topliss-reactive ketones (excluding diaryl/α,β-unsaturated/α-hetero) is 1. The van der Waals surface area contributed by atoms with Crippen molar-refractivity contribution in [2.24, 2.45) is 0 Å². The number of methoxy groups -OCH3 is 1. The third kappa shape index (κ3) is 4.95. The average molecular weight is 470 g/mol. The van der Waals surface area contributed by atoms with Crippen molar-refractivity contribution in [1.29, 1.82) is 0 Å². The van der Waals surface area contributed by atoms with Gasteiger partial charge in [-0.05, 0) is 17.7 Å². The molecule has 1 fully saturated rings. The highest BCUT2D eigenvalue weighted by Crippen LogP contribution is 2.39. The van der Waals surface area contributed by atoms with Crippen LogP contribution in [0.4, 0.5) is 5.69 Å². The summed E-state index contributed by atoms with van der Waals surface area (Å²) in [4.78, 5) is 49.3. The van der Waals surface area contributed by atoms with E-state index in [2.05, 4.69) is 4.74 Å². The number of rotatable bonds is 9. The van der Waals surface area contributed by atoms with Gasteiger partial charge in [-0.3, -0.25) is 19.7 Å². The van der Waals surface area contributed by atoms with Crippen molar-refractivity contribution in [3.05, 3.63) is 80.9 Å². The number of ketones is 1. The van der Waals surface area contributed by atoms with Gasteiger partial charge >= 0.3 is 5.97 Å². The van der Waals surface area contributed by atoms with Gasteiger partial charge in [0.05, 0.1) is 49.0 Å². The first-order chi connectivity index (χ1) is 16.3. The molecule has 1 amide bonds. The molecule has 1 saturated heterocycles. The van der Waals surface area contributed by atoms with Crippen molar-refractivity contribution in [2.75, 3.05) is 33.5 Å². The number of nitrogens with zero attached hydrogens (tertiary/aromatic N) is 2. The van der Waals surface area contributed by atoms with Gasteiger partial charge in [-0.1, -0.05) is 24.3 Å². The third-order valence-corrected chi connectivity index (χ3v) is 5.23. The minimum atomic E-state index is -1.04. The Labute approximate surface area is 194 Å². The van der Waals surface area contributed by atoms with Crippen LogP contribution in [-0.2, 0) is 19.1 Å². The zero-order valence-electron chi connectivity index (χ0n) is 18.2. The summed E-state index contributed by atoms with van der Waals surface area (Å²) >= 11 is 0. The Morgan fingerprint density at radius 3 is 2.44 bits per heavy atom. The largest absolute Gasteiger partial charge is 0.507 e. The number of nitro groups is 1. The lowest BCUT2D eigenvalue weighted by Crippen LogP contribution is -2.33. The summed E-state index contributed by atoms with van der Waals surface area (Å²) in [7, 11) is 1.23. The molecule has 1 heterocycles. The zero-order valence-corrected chi connectivity index (χ0v) is 18.2. The number of amides is 1. The van der Waals surface area contributed by atoms with Gasteiger partial charge in [0.15, 0.2) is 0 Å². The van der Waals surface area contributed by atoms with E-state index in [4.69, 9.17) is 9.84 Å². The number of carbonyl (C=O) groups is 3. The van der Waals surface area contributed by atoms with Crippen LogP contribution in [0.3, 0.4) is 0 Å². The maximum Gasteiger partial charge on any atom is 0.337 e. The average Bonchev–Trinajstić information content (AvgIpc) is 3.10. The summed E-state index contributed by atoms with van der Waals surface area (Å²) < 4.78 is 9.91. The van der Waals surface area contributed by atoms with Crippen LogP contribution in [0.1, 0.15) is 27.5 Å². The van der Waals surface area contributed by atoms with E-state index in [0.29, 0.717) is 5.56 Å². The number of hydrogen-bond donors (Lipinski definition) is 2. The summed E-state index contributed by atoms with van der Waals surface area (Å²) in [6.45, 7) is -0.193. The summed E-state index contributed by atoms with van der Waals surface area (Å²) in [5, 5.41) is 31.0. The Morgan fingerprint density at radius 1 is 1.12 bits per heavy atom. The molecule has 0 saturated carbocycles. The van der Waals surface area contributed by atoms with Crippen LogP contribution >= 0.6 is 0 Å². The monoisotopic (exact) mass is 470 g/mol. The lowest BCUT2D eigenvalue weighted by molar-refractivity contribution is -0.384. The molecule has 0 radical (unpaired) electrons. The summed E-state index contributed by atoms with van der Waals surface area (Å²) in [5.74, 6) is -2.99. The minimum absolute atomic E-state index is 0.0000820. The van der Waals surface area contributed by atoms with Crippen LogP contribution in [-0.4, -0.2) is 71.2 Å². The normalized spacial score (nSPS) is 17.1. The molecule has 0 spiro atoms. The Balaban J connectivity index is 2.10. The molecule has 1 atom stereocenters. The predicted octanol–water partition coefficient (Wildman–Crippen LogP) is 1.81. The van der Waals surface area contributed by atoms with Crippen LogP contribution in [0, 0.1) is 10.1 Å². The summed E-state index contributed by atoms with van der Waals surface area (Å²) in [6, 6.07) is 9.98. The van der Waals surface area contributed by atoms with Gasteiger partial charge in [0, 0.05) is 24.2 Å². The molecule has 1 aliphatic heterocycles. The standard InChI is InChI=1S/C23H22N2O9/c1-33-23(30)15-7-5-14(6-8-15)19-18(20(27)16-3-2-4-17(13-16)25(31)32)21(28)22(29)24(19)9-11-34-12-10-26/h2-8,13,19,26-27H,9-12H2,1H3/b20-18-. The van der Waals surface area contributed by atoms with Crippen LogP contribution in [0.25, 0.3) is 5.76 Å².